The number of anilines is 1. The lowest BCUT2D eigenvalue weighted by atomic mass is 9.69. The zero-order valence-corrected chi connectivity index (χ0v) is 28.2. The van der Waals surface area contributed by atoms with Gasteiger partial charge < -0.3 is 4.42 Å². The highest BCUT2D eigenvalue weighted by Crippen LogP contribution is 2.69. The van der Waals surface area contributed by atoms with Crippen LogP contribution in [0.1, 0.15) is 28.5 Å². The van der Waals surface area contributed by atoms with Gasteiger partial charge in [0.05, 0.1) is 39.9 Å². The first-order valence-electron chi connectivity index (χ1n) is 15.3. The van der Waals surface area contributed by atoms with E-state index >= 15 is 0 Å². The Labute approximate surface area is 286 Å². The van der Waals surface area contributed by atoms with Crippen molar-refractivity contribution >= 4 is 68.1 Å². The number of furan rings is 1. The van der Waals surface area contributed by atoms with Gasteiger partial charge in [0.25, 0.3) is 0 Å². The highest BCUT2D eigenvalue weighted by atomic mass is 79.9. The zero-order valence-electron chi connectivity index (χ0n) is 24.2. The van der Waals surface area contributed by atoms with E-state index in [0.717, 1.165) is 43.4 Å². The Morgan fingerprint density at radius 2 is 1.57 bits per heavy atom. The van der Waals surface area contributed by atoms with Gasteiger partial charge in [-0.05, 0) is 78.3 Å². The molecule has 2 amide bonds. The lowest BCUT2D eigenvalue weighted by Crippen LogP contribution is -2.43. The third kappa shape index (κ3) is 4.31. The van der Waals surface area contributed by atoms with E-state index in [1.54, 1.807) is 36.0 Å². The number of imide groups is 1. The quantitative estimate of drug-likeness (QED) is 0.170. The summed E-state index contributed by atoms with van der Waals surface area (Å²) in [6.45, 7) is 0.479. The number of amides is 2. The largest absolute Gasteiger partial charge is 0.460 e. The maximum atomic E-state index is 14.1. The number of aromatic nitrogens is 1. The maximum Gasteiger partial charge on any atom is 0.308 e. The van der Waals surface area contributed by atoms with Crippen LogP contribution >= 0.6 is 50.6 Å². The molecule has 1 saturated heterocycles. The molecule has 5 aromatic rings. The molecular weight excluding hydrogens is 704 g/mol. The van der Waals surface area contributed by atoms with E-state index in [2.05, 4.69) is 15.9 Å². The Kier molecular flexibility index (Phi) is 6.79. The van der Waals surface area contributed by atoms with Gasteiger partial charge in [0.1, 0.15) is 11.5 Å². The zero-order chi connectivity index (χ0) is 31.3. The number of carbonyl (C=O) groups is 2. The smallest absolute Gasteiger partial charge is 0.308 e. The van der Waals surface area contributed by atoms with Gasteiger partial charge in [0, 0.05) is 20.3 Å². The number of thioether (sulfide) groups is 1. The summed E-state index contributed by atoms with van der Waals surface area (Å²) in [4.78, 5) is 44.2. The Hall–Kier alpha value is -3.37. The first-order chi connectivity index (χ1) is 22.4. The van der Waals surface area contributed by atoms with Crippen molar-refractivity contribution < 1.29 is 14.0 Å². The summed E-state index contributed by atoms with van der Waals surface area (Å²) in [5.41, 5.74) is 2.60. The van der Waals surface area contributed by atoms with Gasteiger partial charge >= 0.3 is 4.87 Å². The fourth-order valence-corrected chi connectivity index (χ4v) is 12.0. The molecule has 2 aromatic heterocycles. The topological polar surface area (TPSA) is 72.5 Å². The van der Waals surface area contributed by atoms with Crippen molar-refractivity contribution in [2.24, 2.45) is 29.6 Å². The highest BCUT2D eigenvalue weighted by Gasteiger charge is 2.70. The van der Waals surface area contributed by atoms with Crippen molar-refractivity contribution in [1.29, 1.82) is 0 Å². The van der Waals surface area contributed by atoms with Crippen LogP contribution in [0.4, 0.5) is 5.69 Å². The number of hydrogen-bond donors (Lipinski definition) is 0. The van der Waals surface area contributed by atoms with Gasteiger partial charge in [-0.25, -0.2) is 0 Å². The van der Waals surface area contributed by atoms with Crippen molar-refractivity contribution in [3.05, 3.63) is 126 Å². The molecule has 2 bridgehead atoms. The van der Waals surface area contributed by atoms with Crippen LogP contribution in [-0.2, 0) is 16.1 Å². The van der Waals surface area contributed by atoms with Gasteiger partial charge in [-0.2, -0.15) is 0 Å². The average Bonchev–Trinajstić information content (AvgIpc) is 3.87. The summed E-state index contributed by atoms with van der Waals surface area (Å²) in [6, 6.07) is 29.0. The summed E-state index contributed by atoms with van der Waals surface area (Å²) < 4.78 is 9.53. The minimum atomic E-state index is -0.386. The number of rotatable bonds is 5. The first kappa shape index (κ1) is 28.8. The highest BCUT2D eigenvalue weighted by molar-refractivity contribution is 9.10. The van der Waals surface area contributed by atoms with E-state index < -0.39 is 0 Å². The second kappa shape index (κ2) is 10.8. The van der Waals surface area contributed by atoms with E-state index in [1.165, 1.54) is 16.2 Å². The molecule has 0 spiro atoms. The molecule has 6 nitrogen and oxygen atoms in total. The lowest BCUT2D eigenvalue weighted by Gasteiger charge is -2.42. The molecule has 0 radical (unpaired) electrons. The molecule has 4 aliphatic rings. The third-order valence-corrected chi connectivity index (χ3v) is 13.9. The van der Waals surface area contributed by atoms with Crippen molar-refractivity contribution in [2.75, 3.05) is 4.90 Å². The summed E-state index contributed by atoms with van der Waals surface area (Å²) in [5.74, 6) is 0.457. The molecule has 46 heavy (non-hydrogen) atoms. The molecule has 3 aromatic carbocycles. The number of benzene rings is 3. The van der Waals surface area contributed by atoms with Crippen LogP contribution in [0.25, 0.3) is 11.3 Å². The number of thiazole rings is 1. The minimum absolute atomic E-state index is 0.000349. The molecular formula is C36H26BrClN2O4S2. The van der Waals surface area contributed by atoms with Crippen molar-refractivity contribution in [2.45, 2.75) is 29.2 Å². The SMILES string of the molecule is O=C1[C@@H]2[C@H]3C[C@@H]([C@@H]4Sc5c(sc(=O)n5Cc5ccccc5)[C@@H](c5ccc(-c6ccc(Br)cc6)o5)[C@@H]34)[C@H]2C(=O)N1c1ccc(Cl)cc1. The molecule has 10 heteroatoms. The Bertz CT molecular complexity index is 2070. The molecule has 9 rings (SSSR count). The third-order valence-electron chi connectivity index (χ3n) is 10.3. The van der Waals surface area contributed by atoms with Crippen LogP contribution in [0.2, 0.25) is 5.02 Å². The van der Waals surface area contributed by atoms with Gasteiger partial charge in [0.2, 0.25) is 11.8 Å². The Balaban J connectivity index is 1.15. The standard InChI is InChI=1S/C36H26BrClN2O4S2/c37-20-8-6-19(7-9-20)25-14-15-26(44-25)30-27-23-16-24(29-28(23)33(41)40(34(29)42)22-12-10-21(38)11-13-22)31(27)45-35-32(30)46-36(43)39(35)17-18-4-2-1-3-5-18/h1-15,23-24,27-31H,16-17H2/t23-,24+,27+,28+,29+,30-,31-/m0/s1. The molecule has 2 saturated carbocycles. The first-order valence-corrected chi connectivity index (χ1v) is 18.2. The van der Waals surface area contributed by atoms with E-state index in [4.69, 9.17) is 16.0 Å². The fraction of sp³-hybridized carbons (Fsp3) is 0.250. The van der Waals surface area contributed by atoms with Crippen LogP contribution in [-0.4, -0.2) is 21.6 Å². The molecule has 230 valence electrons. The van der Waals surface area contributed by atoms with Crippen molar-refractivity contribution in [3.8, 4) is 11.3 Å². The van der Waals surface area contributed by atoms with Crippen molar-refractivity contribution in [3.63, 3.8) is 0 Å². The van der Waals surface area contributed by atoms with E-state index in [-0.39, 0.29) is 57.4 Å². The van der Waals surface area contributed by atoms with E-state index in [1.807, 2.05) is 71.3 Å². The molecule has 3 fully saturated rings. The molecule has 4 heterocycles. The molecule has 2 aliphatic carbocycles. The average molecular weight is 730 g/mol. The van der Waals surface area contributed by atoms with E-state index in [9.17, 15) is 14.4 Å². The van der Waals surface area contributed by atoms with Crippen LogP contribution in [0.15, 0.2) is 110 Å². The fourth-order valence-electron chi connectivity index (χ4n) is 8.47. The Morgan fingerprint density at radius 1 is 0.848 bits per heavy atom. The number of carbonyl (C=O) groups excluding carboxylic acids is 2. The predicted octanol–water partition coefficient (Wildman–Crippen LogP) is 8.31. The van der Waals surface area contributed by atoms with Gasteiger partial charge in [-0.3, -0.25) is 23.9 Å². The number of fused-ring (bicyclic) bond motifs is 9. The van der Waals surface area contributed by atoms with Crippen molar-refractivity contribution in [1.82, 2.24) is 4.57 Å². The number of nitrogens with zero attached hydrogens (tertiary/aromatic N) is 2. The summed E-state index contributed by atoms with van der Waals surface area (Å²) in [5, 5.41) is 1.59. The second-order valence-electron chi connectivity index (χ2n) is 12.6. The van der Waals surface area contributed by atoms with Crippen LogP contribution in [0, 0.1) is 29.6 Å². The lowest BCUT2D eigenvalue weighted by molar-refractivity contribution is -0.123. The van der Waals surface area contributed by atoms with Gasteiger partial charge in [-0.1, -0.05) is 81.3 Å². The Morgan fingerprint density at radius 3 is 2.30 bits per heavy atom. The summed E-state index contributed by atoms with van der Waals surface area (Å²) in [7, 11) is 0. The summed E-state index contributed by atoms with van der Waals surface area (Å²) in [6.07, 6.45) is 0.818. The normalized spacial score (nSPS) is 27.6. The molecule has 7 atom stereocenters. The molecule has 2 aliphatic heterocycles. The predicted molar refractivity (Wildman–Crippen MR) is 183 cm³/mol. The molecule has 0 unspecified atom stereocenters. The van der Waals surface area contributed by atoms with Crippen LogP contribution < -0.4 is 9.77 Å². The minimum Gasteiger partial charge on any atom is -0.460 e. The number of hydrogen-bond acceptors (Lipinski definition) is 6. The summed E-state index contributed by atoms with van der Waals surface area (Å²) >= 11 is 12.7. The molecule has 0 N–H and O–H groups in total. The second-order valence-corrected chi connectivity index (χ2v) is 16.1. The van der Waals surface area contributed by atoms with Gasteiger partial charge in [0.15, 0.2) is 0 Å². The van der Waals surface area contributed by atoms with E-state index in [0.29, 0.717) is 17.3 Å². The van der Waals surface area contributed by atoms with Crippen LogP contribution in [0.5, 0.6) is 0 Å². The number of halogens is 2. The monoisotopic (exact) mass is 728 g/mol. The van der Waals surface area contributed by atoms with Gasteiger partial charge in [-0.15, -0.1) is 11.8 Å². The maximum absolute atomic E-state index is 14.1. The van der Waals surface area contributed by atoms with Crippen LogP contribution in [0.3, 0.4) is 0 Å².